The van der Waals surface area contributed by atoms with Gasteiger partial charge in [-0.3, -0.25) is 4.79 Å². The fourth-order valence-electron chi connectivity index (χ4n) is 6.53. The third kappa shape index (κ3) is 5.82. The number of imidazole rings is 1. The molecule has 0 saturated carbocycles. The summed E-state index contributed by atoms with van der Waals surface area (Å²) in [6, 6.07) is 6.45. The maximum atomic E-state index is 15.7. The maximum Gasteiger partial charge on any atom is 0.408 e. The van der Waals surface area contributed by atoms with E-state index in [1.165, 1.54) is 30.6 Å². The van der Waals surface area contributed by atoms with Gasteiger partial charge in [0.1, 0.15) is 46.5 Å². The Morgan fingerprint density at radius 3 is 2.34 bits per heavy atom. The van der Waals surface area contributed by atoms with Crippen LogP contribution in [0.2, 0.25) is 0 Å². The van der Waals surface area contributed by atoms with Gasteiger partial charge < -0.3 is 24.3 Å². The van der Waals surface area contributed by atoms with Gasteiger partial charge in [0.25, 0.3) is 5.91 Å². The lowest BCUT2D eigenvalue weighted by atomic mass is 9.48. The molecule has 4 aromatic rings. The molecular weight excluding hydrogens is 610 g/mol. The zero-order valence-electron chi connectivity index (χ0n) is 27.5. The fraction of sp³-hybridized carbons (Fsp3) is 0.387. The van der Waals surface area contributed by atoms with Crippen molar-refractivity contribution in [1.29, 1.82) is 0 Å². The average Bonchev–Trinajstić information content (AvgIpc) is 3.42. The highest BCUT2D eigenvalue weighted by Gasteiger charge is 2.49. The molecule has 0 aliphatic carbocycles. The summed E-state index contributed by atoms with van der Waals surface area (Å²) >= 11 is 0. The highest BCUT2D eigenvalue weighted by molar-refractivity contribution is 6.60. The predicted molar refractivity (Wildman–Crippen MR) is 176 cm³/mol. The summed E-state index contributed by atoms with van der Waals surface area (Å²) in [4.78, 5) is 41.8. The largest absolute Gasteiger partial charge is 0.444 e. The molecule has 242 valence electrons. The van der Waals surface area contributed by atoms with Gasteiger partial charge in [-0.05, 0) is 58.1 Å². The minimum atomic E-state index is -3.09. The highest BCUT2D eigenvalue weighted by atomic mass is 19.3. The number of amides is 2. The van der Waals surface area contributed by atoms with Crippen LogP contribution in [-0.4, -0.2) is 77.4 Å². The van der Waals surface area contributed by atoms with Crippen molar-refractivity contribution < 1.29 is 32.2 Å². The number of nitrogens with zero attached hydrogens (tertiary/aromatic N) is 5. The summed E-state index contributed by atoms with van der Waals surface area (Å²) in [7, 11) is 5.71. The van der Waals surface area contributed by atoms with Crippen LogP contribution in [0.5, 0.6) is 5.75 Å². The molecule has 2 aliphatic heterocycles. The van der Waals surface area contributed by atoms with Crippen LogP contribution in [0.1, 0.15) is 80.7 Å². The van der Waals surface area contributed by atoms with Gasteiger partial charge in [0, 0.05) is 47.1 Å². The van der Waals surface area contributed by atoms with Crippen molar-refractivity contribution >= 4 is 46.6 Å². The third-order valence-electron chi connectivity index (χ3n) is 8.30. The van der Waals surface area contributed by atoms with Gasteiger partial charge in [-0.1, -0.05) is 6.07 Å². The van der Waals surface area contributed by atoms with Crippen LogP contribution in [-0.2, 0) is 10.3 Å². The van der Waals surface area contributed by atoms with Crippen molar-refractivity contribution in [3.05, 3.63) is 71.3 Å². The van der Waals surface area contributed by atoms with Gasteiger partial charge >= 0.3 is 12.7 Å². The molecule has 0 spiro atoms. The number of nitrogens with one attached hydrogen (secondary N) is 1. The molecule has 2 atom stereocenters. The van der Waals surface area contributed by atoms with E-state index in [1.54, 1.807) is 51.7 Å². The van der Waals surface area contributed by atoms with Crippen LogP contribution in [0.3, 0.4) is 0 Å². The lowest BCUT2D eigenvalue weighted by molar-refractivity contribution is -0.0507. The summed E-state index contributed by atoms with van der Waals surface area (Å²) in [5.41, 5.74) is 0.417. The maximum absolute atomic E-state index is 15.7. The Kier molecular flexibility index (Phi) is 7.63. The van der Waals surface area contributed by atoms with Crippen molar-refractivity contribution in [2.75, 3.05) is 0 Å². The molecule has 2 amide bonds. The van der Waals surface area contributed by atoms with Crippen LogP contribution >= 0.6 is 0 Å². The van der Waals surface area contributed by atoms with Gasteiger partial charge in [-0.2, -0.15) is 8.78 Å². The molecule has 2 aliphatic rings. The first-order valence-corrected chi connectivity index (χ1v) is 15.3. The smallest absolute Gasteiger partial charge is 0.408 e. The molecule has 0 saturated heterocycles. The Bertz CT molecular complexity index is 1910. The minimum absolute atomic E-state index is 0.0889. The van der Waals surface area contributed by atoms with Crippen molar-refractivity contribution in [3.8, 4) is 16.9 Å². The highest BCUT2D eigenvalue weighted by Crippen LogP contribution is 2.51. The van der Waals surface area contributed by atoms with Crippen molar-refractivity contribution in [3.63, 3.8) is 0 Å². The number of ether oxygens (including phenoxy) is 2. The molecule has 2 aromatic carbocycles. The van der Waals surface area contributed by atoms with Crippen molar-refractivity contribution in [1.82, 2.24) is 29.7 Å². The molecule has 2 aromatic heterocycles. The number of hydrogen-bond donors (Lipinski definition) is 1. The van der Waals surface area contributed by atoms with E-state index >= 15 is 4.39 Å². The van der Waals surface area contributed by atoms with Crippen LogP contribution in [0.15, 0.2) is 42.7 Å². The summed E-state index contributed by atoms with van der Waals surface area (Å²) in [6.07, 6.45) is 2.69. The molecule has 16 heteroatoms. The summed E-state index contributed by atoms with van der Waals surface area (Å²) < 4.78 is 55.1. The van der Waals surface area contributed by atoms with E-state index in [9.17, 15) is 18.4 Å². The van der Waals surface area contributed by atoms with Crippen molar-refractivity contribution in [2.45, 2.75) is 76.1 Å². The normalized spacial score (nSPS) is 17.8. The summed E-state index contributed by atoms with van der Waals surface area (Å²) in [6.45, 7) is 5.64. The monoisotopic (exact) mass is 644 g/mol. The Morgan fingerprint density at radius 2 is 1.72 bits per heavy atom. The number of alkyl halides is 2. The first-order valence-electron chi connectivity index (χ1n) is 15.3. The van der Waals surface area contributed by atoms with E-state index in [4.69, 9.17) is 14.5 Å². The van der Waals surface area contributed by atoms with E-state index in [-0.39, 0.29) is 22.8 Å². The molecule has 47 heavy (non-hydrogen) atoms. The van der Waals surface area contributed by atoms with Crippen LogP contribution in [0.25, 0.3) is 22.2 Å². The first kappa shape index (κ1) is 32.5. The Balaban J connectivity index is 1.45. The Hall–Kier alpha value is -4.49. The van der Waals surface area contributed by atoms with Crippen LogP contribution in [0.4, 0.5) is 18.0 Å². The molecular formula is C31H34B3F3N6O4. The minimum Gasteiger partial charge on any atom is -0.444 e. The van der Waals surface area contributed by atoms with Crippen molar-refractivity contribution in [2.24, 2.45) is 0 Å². The van der Waals surface area contributed by atoms with Crippen LogP contribution < -0.4 is 10.1 Å². The molecule has 0 unspecified atom stereocenters. The zero-order chi connectivity index (χ0) is 34.2. The summed E-state index contributed by atoms with van der Waals surface area (Å²) in [5.74, 6) is -0.145. The summed E-state index contributed by atoms with van der Waals surface area (Å²) in [5, 5.41) is 2.11. The number of carbonyl (C=O) groups is 2. The number of fused-ring (bicyclic) bond motifs is 9. The van der Waals surface area contributed by atoms with Crippen LogP contribution in [0, 0.1) is 5.82 Å². The number of aromatic nitrogens is 4. The standard InChI is InChI=1S/C31H34B3F3N6O4/c1-29(2,3)47-28(45)41-30(4,5)26-38-12-14(13-39-26)16-9-19-18(10-17(16)35)40-24-21-11-20(42(19)24)23-15(25(44)43(21)31(32,33)34)7-6-8-22(23)46-27(36)37/h6-10,12-13,20-21,27H,11,32-34H2,1-5H3,(H,41,45)/t20-,21-/m1/s1. The quantitative estimate of drug-likeness (QED) is 0.322. The number of rotatable bonds is 6. The van der Waals surface area contributed by atoms with E-state index in [2.05, 4.69) is 15.3 Å². The lowest BCUT2D eigenvalue weighted by Gasteiger charge is -2.40. The molecule has 1 N–H and O–H groups in total. The first-order chi connectivity index (χ1) is 21.9. The average molecular weight is 644 g/mol. The Morgan fingerprint density at radius 1 is 1.04 bits per heavy atom. The van der Waals surface area contributed by atoms with Gasteiger partial charge in [0.15, 0.2) is 5.82 Å². The van der Waals surface area contributed by atoms with Gasteiger partial charge in [-0.15, -0.1) is 0 Å². The molecule has 4 heterocycles. The van der Waals surface area contributed by atoms with Gasteiger partial charge in [0.2, 0.25) is 0 Å². The molecule has 0 radical (unpaired) electrons. The second-order valence-electron chi connectivity index (χ2n) is 14.4. The number of benzene rings is 2. The number of hydrogen-bond acceptors (Lipinski definition) is 7. The lowest BCUT2D eigenvalue weighted by Crippen LogP contribution is -2.54. The van der Waals surface area contributed by atoms with Gasteiger partial charge in [0.05, 0.1) is 28.7 Å². The third-order valence-corrected chi connectivity index (χ3v) is 8.30. The number of carbonyl (C=O) groups excluding carboxylic acids is 2. The van der Waals surface area contributed by atoms with E-state index in [0.29, 0.717) is 40.2 Å². The zero-order valence-corrected chi connectivity index (χ0v) is 27.5. The second kappa shape index (κ2) is 11.1. The fourth-order valence-corrected chi connectivity index (χ4v) is 6.53. The number of halogens is 3. The second-order valence-corrected chi connectivity index (χ2v) is 14.4. The number of alkyl carbamates (subject to hydrolysis) is 1. The molecule has 10 nitrogen and oxygen atoms in total. The molecule has 2 bridgehead atoms. The topological polar surface area (TPSA) is 111 Å². The van der Waals surface area contributed by atoms with E-state index in [1.807, 2.05) is 28.1 Å². The Labute approximate surface area is 272 Å². The van der Waals surface area contributed by atoms with Gasteiger partial charge in [-0.25, -0.2) is 24.1 Å². The van der Waals surface area contributed by atoms with E-state index in [0.717, 1.165) is 0 Å². The predicted octanol–water partition coefficient (Wildman–Crippen LogP) is 2.99. The van der Waals surface area contributed by atoms with E-state index < -0.39 is 47.0 Å². The molecule has 0 fully saturated rings. The molecule has 6 rings (SSSR count). The SMILES string of the molecule is BC(B)(B)N1C(=O)c2cccc(OC(F)F)c2[C@H]2C[C@@H]1c1nc3cc(F)c(-c4cnc(C(C)(C)NC(=O)OC(C)(C)C)nc4)cc3n12.